The number of nitrogens with zero attached hydrogens (tertiary/aromatic N) is 4. The SMILES string of the molecule is CC(C)(C)OC(=O)CN1Cc2ccccc2N(C(=O)c2ccc(CC(=O)c3ccccc3-c3ccccc3)cc2Cl)C[C@H]1CO.Cl.O=C1CN2Cc3ccccc3N(C(=O)c3ccc(CC(=O)c4ccccc4-c4ccccc4)cc3Cl)C[C@H]2CO1.S.S.[2HH]. The normalized spacial score (nSPS) is 15.5. The number of aliphatic hydroxyl groups excluding tert-OH is 1. The van der Waals surface area contributed by atoms with Gasteiger partial charge in [-0.05, 0) is 102 Å². The molecule has 0 radical (unpaired) electrons. The smallest absolute Gasteiger partial charge is 0.320 e. The number of hydrogen-bond donors (Lipinski definition) is 1. The first kappa shape index (κ1) is 67.9. The minimum Gasteiger partial charge on any atom is -0.463 e. The molecule has 0 aliphatic carbocycles. The number of ether oxygens (including phenoxy) is 2. The van der Waals surface area contributed by atoms with Gasteiger partial charge in [0, 0.05) is 62.9 Å². The molecule has 88 heavy (non-hydrogen) atoms. The van der Waals surface area contributed by atoms with Gasteiger partial charge in [0.25, 0.3) is 11.8 Å². The molecule has 18 heteroatoms. The Hall–Kier alpha value is -7.57. The number of para-hydroxylation sites is 2. The van der Waals surface area contributed by atoms with Gasteiger partial charge in [0.05, 0.1) is 53.0 Å². The van der Waals surface area contributed by atoms with Crippen LogP contribution in [0.2, 0.25) is 10.0 Å². The van der Waals surface area contributed by atoms with Gasteiger partial charge in [-0.25, -0.2) is 0 Å². The highest BCUT2D eigenvalue weighted by Gasteiger charge is 2.37. The molecular formula is C70H71Cl3N4O9S2. The van der Waals surface area contributed by atoms with E-state index in [0.717, 1.165) is 44.6 Å². The van der Waals surface area contributed by atoms with Gasteiger partial charge >= 0.3 is 11.9 Å². The summed E-state index contributed by atoms with van der Waals surface area (Å²) in [6.45, 7) is 6.97. The summed E-state index contributed by atoms with van der Waals surface area (Å²) < 4.78 is 10.8. The average Bonchev–Trinajstić information content (AvgIpc) is 3.15. The maximum absolute atomic E-state index is 14.1. The molecule has 3 aliphatic heterocycles. The highest BCUT2D eigenvalue weighted by Crippen LogP contribution is 2.35. The number of ketones is 2. The molecule has 458 valence electrons. The topological polar surface area (TPSA) is 154 Å². The van der Waals surface area contributed by atoms with Crippen LogP contribution < -0.4 is 9.80 Å². The Bertz CT molecular complexity index is 3820. The van der Waals surface area contributed by atoms with Crippen molar-refractivity contribution in [2.75, 3.05) is 49.2 Å². The molecule has 0 saturated carbocycles. The van der Waals surface area contributed by atoms with E-state index in [-0.39, 0.29) is 132 Å². The van der Waals surface area contributed by atoms with Gasteiger partial charge in [-0.1, -0.05) is 181 Å². The highest BCUT2D eigenvalue weighted by atomic mass is 35.5. The highest BCUT2D eigenvalue weighted by molar-refractivity contribution is 7.59. The van der Waals surface area contributed by atoms with Crippen molar-refractivity contribution in [3.8, 4) is 22.3 Å². The van der Waals surface area contributed by atoms with E-state index in [4.69, 9.17) is 32.7 Å². The van der Waals surface area contributed by atoms with Crippen molar-refractivity contribution in [1.29, 1.82) is 0 Å². The molecule has 8 aromatic rings. The van der Waals surface area contributed by atoms with Crippen molar-refractivity contribution in [2.45, 2.75) is 64.4 Å². The molecule has 11 rings (SSSR count). The quantitative estimate of drug-likeness (QED) is 0.0866. The van der Waals surface area contributed by atoms with Crippen molar-refractivity contribution >= 4 is 109 Å². The summed E-state index contributed by atoms with van der Waals surface area (Å²) in [7, 11) is 0. The van der Waals surface area contributed by atoms with Crippen molar-refractivity contribution in [3.05, 3.63) is 249 Å². The summed E-state index contributed by atoms with van der Waals surface area (Å²) in [4.78, 5) is 86.6. The fraction of sp³-hybridized carbons (Fsp3) is 0.229. The largest absolute Gasteiger partial charge is 0.463 e. The summed E-state index contributed by atoms with van der Waals surface area (Å²) in [5, 5.41) is 10.9. The third-order valence-electron chi connectivity index (χ3n) is 15.2. The second-order valence-electron chi connectivity index (χ2n) is 22.3. The van der Waals surface area contributed by atoms with Crippen LogP contribution in [0, 0.1) is 0 Å². The van der Waals surface area contributed by atoms with Gasteiger partial charge in [0.1, 0.15) is 12.2 Å². The van der Waals surface area contributed by atoms with Gasteiger partial charge in [0.15, 0.2) is 11.6 Å². The minimum atomic E-state index is -0.643. The molecule has 0 aromatic heterocycles. The molecule has 3 aliphatic rings. The number of amides is 2. The van der Waals surface area contributed by atoms with Crippen LogP contribution in [0.1, 0.15) is 85.9 Å². The molecule has 1 saturated heterocycles. The first-order valence-corrected chi connectivity index (χ1v) is 29.0. The predicted molar refractivity (Wildman–Crippen MR) is 361 cm³/mol. The van der Waals surface area contributed by atoms with Gasteiger partial charge in [0.2, 0.25) is 0 Å². The van der Waals surface area contributed by atoms with Crippen LogP contribution in [0.4, 0.5) is 11.4 Å². The number of cyclic esters (lactones) is 1. The molecule has 0 unspecified atom stereocenters. The summed E-state index contributed by atoms with van der Waals surface area (Å²) in [5.74, 6) is -1.31. The number of aliphatic hydroxyl groups is 1. The van der Waals surface area contributed by atoms with E-state index < -0.39 is 17.6 Å². The van der Waals surface area contributed by atoms with Crippen LogP contribution in [0.3, 0.4) is 0 Å². The summed E-state index contributed by atoms with van der Waals surface area (Å²) >= 11 is 13.4. The molecule has 0 bridgehead atoms. The van der Waals surface area contributed by atoms with E-state index >= 15 is 0 Å². The second-order valence-corrected chi connectivity index (χ2v) is 23.1. The van der Waals surface area contributed by atoms with Crippen LogP contribution >= 0.6 is 62.6 Å². The average molecular weight is 1280 g/mol. The first-order chi connectivity index (χ1) is 41.0. The summed E-state index contributed by atoms with van der Waals surface area (Å²) in [6, 6.07) is 59.5. The van der Waals surface area contributed by atoms with E-state index in [0.29, 0.717) is 52.6 Å². The lowest BCUT2D eigenvalue weighted by molar-refractivity contribution is -0.157. The van der Waals surface area contributed by atoms with E-state index in [1.165, 1.54) is 0 Å². The monoisotopic (exact) mass is 1280 g/mol. The van der Waals surface area contributed by atoms with Crippen LogP contribution in [0.5, 0.6) is 0 Å². The number of Topliss-reactive ketones (excluding diaryl/α,β-unsaturated/α-hetero) is 2. The zero-order valence-electron chi connectivity index (χ0n) is 48.9. The third kappa shape index (κ3) is 16.2. The number of fused-ring (bicyclic) bond motifs is 3. The number of halogens is 3. The molecule has 0 spiro atoms. The van der Waals surface area contributed by atoms with Crippen LogP contribution in [-0.2, 0) is 45.0 Å². The predicted octanol–water partition coefficient (Wildman–Crippen LogP) is 13.3. The lowest BCUT2D eigenvalue weighted by atomic mass is 9.94. The van der Waals surface area contributed by atoms with Crippen LogP contribution in [-0.4, -0.2) is 107 Å². The maximum atomic E-state index is 14.1. The lowest BCUT2D eigenvalue weighted by Crippen LogP contribution is -2.51. The Balaban J connectivity index is 0.000000273. The van der Waals surface area contributed by atoms with Gasteiger partial charge in [-0.3, -0.25) is 38.6 Å². The van der Waals surface area contributed by atoms with Crippen molar-refractivity contribution in [1.82, 2.24) is 9.80 Å². The molecular weight excluding hydrogens is 1210 g/mol. The number of morpholine rings is 1. The number of benzene rings is 8. The number of carbonyl (C=O) groups excluding carboxylic acids is 6. The van der Waals surface area contributed by atoms with Crippen LogP contribution in [0.25, 0.3) is 22.3 Å². The number of anilines is 2. The summed E-state index contributed by atoms with van der Waals surface area (Å²) in [6.07, 6.45) is 0.282. The number of hydrogen-bond acceptors (Lipinski definition) is 11. The Morgan fingerprint density at radius 2 is 1.01 bits per heavy atom. The summed E-state index contributed by atoms with van der Waals surface area (Å²) in [5.41, 5.74) is 9.64. The molecule has 13 nitrogen and oxygen atoms in total. The van der Waals surface area contributed by atoms with Gasteiger partial charge in [-0.15, -0.1) is 12.4 Å². The van der Waals surface area contributed by atoms with Crippen LogP contribution in [0.15, 0.2) is 194 Å². The zero-order valence-corrected chi connectivity index (χ0v) is 53.2. The number of rotatable bonds is 13. The Kier molecular flexibility index (Phi) is 23.6. The molecule has 1 fully saturated rings. The first-order valence-electron chi connectivity index (χ1n) is 28.2. The zero-order chi connectivity index (χ0) is 59.8. The van der Waals surface area contributed by atoms with Crippen molar-refractivity contribution < 1.29 is 44.8 Å². The van der Waals surface area contributed by atoms with Crippen molar-refractivity contribution in [3.63, 3.8) is 0 Å². The minimum absolute atomic E-state index is 0. The second kappa shape index (κ2) is 30.6. The molecule has 2 atom stereocenters. The van der Waals surface area contributed by atoms with E-state index in [2.05, 4.69) is 4.90 Å². The van der Waals surface area contributed by atoms with E-state index in [1.54, 1.807) is 67.0 Å². The molecule has 2 amide bonds. The molecule has 3 heterocycles. The fourth-order valence-electron chi connectivity index (χ4n) is 11.1. The standard InChI is InChI=1S/C37H37ClN2O5.C33H27ClN2O4.ClH.2H2S.H2/c1-37(2,3)45-35(43)23-39-21-27-13-7-10-16-33(27)40(22-28(39)24-41)36(44)31-18-17-25(19-32(31)38)20-34(42)30-15-9-8-14-29(30)26-11-5-4-6-12-26;34-29-16-22(17-31(37)27-12-6-5-11-26(27)23-8-2-1-3-9-23)14-15-28(29)33(39)36-19-25-21-40-32(38)20-35(25)18-24-10-4-7-13-30(24)36;;;;/h4-19,28,41H,20-24H2,1-3H3;1-16,25H,17-21H2;1H;2*1H2;1H/t28-;25-;;;;/m00..../s1/i;;;;;1+1. The van der Waals surface area contributed by atoms with E-state index in [9.17, 15) is 33.9 Å². The third-order valence-corrected chi connectivity index (χ3v) is 15.9. The van der Waals surface area contributed by atoms with Gasteiger partial charge in [-0.2, -0.15) is 27.0 Å². The van der Waals surface area contributed by atoms with Gasteiger partial charge < -0.3 is 24.4 Å². The molecule has 1 N–H and O–H groups in total. The molecule has 8 aromatic carbocycles. The maximum Gasteiger partial charge on any atom is 0.320 e. The fourth-order valence-corrected chi connectivity index (χ4v) is 11.7. The Labute approximate surface area is 545 Å². The number of esters is 2. The number of carbonyl (C=O) groups is 6. The van der Waals surface area contributed by atoms with Crippen molar-refractivity contribution in [2.24, 2.45) is 0 Å². The Morgan fingerprint density at radius 3 is 1.49 bits per heavy atom. The Morgan fingerprint density at radius 1 is 0.568 bits per heavy atom. The lowest BCUT2D eigenvalue weighted by Gasteiger charge is -2.34. The van der Waals surface area contributed by atoms with E-state index in [1.807, 2.05) is 163 Å².